The number of amides is 1. The summed E-state index contributed by atoms with van der Waals surface area (Å²) in [6.07, 6.45) is 6.77. The molecule has 0 bridgehead atoms. The average molecular weight is 231 g/mol. The molecule has 0 aromatic rings. The van der Waals surface area contributed by atoms with Gasteiger partial charge in [-0.3, -0.25) is 4.79 Å². The predicted molar refractivity (Wildman–Crippen MR) is 60.0 cm³/mol. The zero-order valence-electron chi connectivity index (χ0n) is 9.49. The van der Waals surface area contributed by atoms with Gasteiger partial charge >= 0.3 is 0 Å². The summed E-state index contributed by atoms with van der Waals surface area (Å²) < 4.78 is 21.2. The van der Waals surface area contributed by atoms with Crippen LogP contribution in [0.15, 0.2) is 0 Å². The third-order valence-corrected chi connectivity index (χ3v) is 4.43. The Hall–Kier alpha value is -1.02. The number of carbonyl (C=O) groups is 1. The molecule has 1 amide bonds. The highest BCUT2D eigenvalue weighted by molar-refractivity contribution is 7.92. The van der Waals surface area contributed by atoms with Crippen molar-refractivity contribution in [3.63, 3.8) is 0 Å². The van der Waals surface area contributed by atoms with Crippen molar-refractivity contribution >= 4 is 15.7 Å². The van der Waals surface area contributed by atoms with Crippen LogP contribution in [0.25, 0.3) is 0 Å². The normalized spacial score (nSPS) is 14.1. The molecule has 0 aromatic heterocycles. The Bertz CT molecular complexity index is 376. The first-order chi connectivity index (χ1) is 6.66. The molecule has 15 heavy (non-hydrogen) atoms. The van der Waals surface area contributed by atoms with Gasteiger partial charge in [0.15, 0.2) is 9.84 Å². The fourth-order valence-corrected chi connectivity index (χ4v) is 1.16. The Morgan fingerprint density at radius 2 is 2.00 bits per heavy atom. The lowest BCUT2D eigenvalue weighted by Gasteiger charge is -2.23. The maximum Gasteiger partial charge on any atom is 0.241 e. The lowest BCUT2D eigenvalue weighted by Crippen LogP contribution is -2.50. The van der Waals surface area contributed by atoms with E-state index in [1.54, 1.807) is 0 Å². The van der Waals surface area contributed by atoms with Gasteiger partial charge in [-0.2, -0.15) is 0 Å². The SMILES string of the molecule is C#CC(CC)NC(=O)C(C)(C)S(C)(=O)=O. The minimum atomic E-state index is -3.44. The van der Waals surface area contributed by atoms with Crippen molar-refractivity contribution in [2.45, 2.75) is 38.0 Å². The maximum absolute atomic E-state index is 11.7. The Kier molecular flexibility index (Phi) is 4.35. The standard InChI is InChI=1S/C10H17NO3S/c1-6-8(7-2)11-9(12)10(3,4)15(5,13)14/h1,8H,7H2,2-5H3,(H,11,12). The first kappa shape index (κ1) is 14.0. The van der Waals surface area contributed by atoms with Crippen LogP contribution >= 0.6 is 0 Å². The molecule has 5 heteroatoms. The summed E-state index contributed by atoms with van der Waals surface area (Å²) in [6.45, 7) is 4.54. The molecule has 1 atom stereocenters. The van der Waals surface area contributed by atoms with Gasteiger partial charge in [-0.25, -0.2) is 8.42 Å². The van der Waals surface area contributed by atoms with Crippen LogP contribution in [0.1, 0.15) is 27.2 Å². The quantitative estimate of drug-likeness (QED) is 0.710. The summed E-state index contributed by atoms with van der Waals surface area (Å²) in [7, 11) is -3.44. The lowest BCUT2D eigenvalue weighted by molar-refractivity contribution is -0.123. The van der Waals surface area contributed by atoms with E-state index < -0.39 is 26.5 Å². The molecule has 0 aliphatic rings. The van der Waals surface area contributed by atoms with Gasteiger partial charge in [-0.1, -0.05) is 12.8 Å². The highest BCUT2D eigenvalue weighted by Gasteiger charge is 2.38. The van der Waals surface area contributed by atoms with Crippen molar-refractivity contribution in [3.05, 3.63) is 0 Å². The summed E-state index contributed by atoms with van der Waals surface area (Å²) in [6, 6.07) is -0.418. The molecular weight excluding hydrogens is 214 g/mol. The molecule has 1 unspecified atom stereocenters. The van der Waals surface area contributed by atoms with Crippen molar-refractivity contribution in [1.29, 1.82) is 0 Å². The first-order valence-corrected chi connectivity index (χ1v) is 6.52. The molecule has 0 fully saturated rings. The molecule has 4 nitrogen and oxygen atoms in total. The molecule has 0 rings (SSSR count). The van der Waals surface area contributed by atoms with E-state index in [4.69, 9.17) is 6.42 Å². The summed E-state index contributed by atoms with van der Waals surface area (Å²) in [5, 5.41) is 2.51. The van der Waals surface area contributed by atoms with Gasteiger partial charge in [-0.15, -0.1) is 6.42 Å². The Morgan fingerprint density at radius 1 is 1.53 bits per heavy atom. The number of carbonyl (C=O) groups excluding carboxylic acids is 1. The highest BCUT2D eigenvalue weighted by Crippen LogP contribution is 2.15. The van der Waals surface area contributed by atoms with Crippen molar-refractivity contribution < 1.29 is 13.2 Å². The minimum Gasteiger partial charge on any atom is -0.341 e. The van der Waals surface area contributed by atoms with E-state index >= 15 is 0 Å². The zero-order chi connectivity index (χ0) is 12.3. The highest BCUT2D eigenvalue weighted by atomic mass is 32.2. The molecular formula is C10H17NO3S. The number of hydrogen-bond donors (Lipinski definition) is 1. The smallest absolute Gasteiger partial charge is 0.241 e. The van der Waals surface area contributed by atoms with Gasteiger partial charge < -0.3 is 5.32 Å². The van der Waals surface area contributed by atoms with Gasteiger partial charge in [0, 0.05) is 6.26 Å². The summed E-state index contributed by atoms with van der Waals surface area (Å²) in [5.41, 5.74) is 0. The fraction of sp³-hybridized carbons (Fsp3) is 0.700. The minimum absolute atomic E-state index is 0.418. The van der Waals surface area contributed by atoms with E-state index in [-0.39, 0.29) is 0 Å². The first-order valence-electron chi connectivity index (χ1n) is 4.63. The van der Waals surface area contributed by atoms with Crippen LogP contribution in [0.2, 0.25) is 0 Å². The van der Waals surface area contributed by atoms with Gasteiger partial charge in [0.2, 0.25) is 5.91 Å². The molecule has 1 N–H and O–H groups in total. The van der Waals surface area contributed by atoms with E-state index in [9.17, 15) is 13.2 Å². The maximum atomic E-state index is 11.7. The predicted octanol–water partition coefficient (Wildman–Crippen LogP) is 0.338. The molecule has 0 aliphatic carbocycles. The van der Waals surface area contributed by atoms with Crippen LogP contribution in [-0.2, 0) is 14.6 Å². The summed E-state index contributed by atoms with van der Waals surface area (Å²) in [4.78, 5) is 11.7. The molecule has 0 saturated heterocycles. The second-order valence-electron chi connectivity index (χ2n) is 3.88. The number of sulfone groups is 1. The molecule has 0 radical (unpaired) electrons. The molecule has 86 valence electrons. The molecule has 0 spiro atoms. The van der Waals surface area contributed by atoms with Crippen LogP contribution in [-0.4, -0.2) is 31.4 Å². The van der Waals surface area contributed by atoms with Gasteiger partial charge in [-0.05, 0) is 20.3 Å². The molecule has 0 aliphatic heterocycles. The van der Waals surface area contributed by atoms with Crippen LogP contribution in [0.3, 0.4) is 0 Å². The van der Waals surface area contributed by atoms with Crippen molar-refractivity contribution in [2.75, 3.05) is 6.26 Å². The number of nitrogens with one attached hydrogen (secondary N) is 1. The van der Waals surface area contributed by atoms with E-state index in [1.807, 2.05) is 6.92 Å². The third-order valence-electron chi connectivity index (χ3n) is 2.39. The number of terminal acetylenes is 1. The molecule has 0 saturated carbocycles. The molecule has 0 aromatic carbocycles. The average Bonchev–Trinajstić information content (AvgIpc) is 2.11. The van der Waals surface area contributed by atoms with Crippen LogP contribution < -0.4 is 5.32 Å². The lowest BCUT2D eigenvalue weighted by atomic mass is 10.1. The third kappa shape index (κ3) is 3.24. The summed E-state index contributed by atoms with van der Waals surface area (Å²) >= 11 is 0. The van der Waals surface area contributed by atoms with Crippen LogP contribution in [0, 0.1) is 12.3 Å². The topological polar surface area (TPSA) is 63.2 Å². The van der Waals surface area contributed by atoms with Crippen LogP contribution in [0.4, 0.5) is 0 Å². The Labute approximate surface area is 91.4 Å². The largest absolute Gasteiger partial charge is 0.341 e. The van der Waals surface area contributed by atoms with Crippen molar-refractivity contribution in [2.24, 2.45) is 0 Å². The van der Waals surface area contributed by atoms with Gasteiger partial charge in [0.05, 0.1) is 6.04 Å². The van der Waals surface area contributed by atoms with Crippen molar-refractivity contribution in [1.82, 2.24) is 5.32 Å². The number of rotatable bonds is 4. The summed E-state index contributed by atoms with van der Waals surface area (Å²) in [5.74, 6) is 1.82. The van der Waals surface area contributed by atoms with E-state index in [0.29, 0.717) is 6.42 Å². The Balaban J connectivity index is 4.83. The Morgan fingerprint density at radius 3 is 2.27 bits per heavy atom. The number of hydrogen-bond acceptors (Lipinski definition) is 3. The van der Waals surface area contributed by atoms with Crippen molar-refractivity contribution in [3.8, 4) is 12.3 Å². The van der Waals surface area contributed by atoms with E-state index in [1.165, 1.54) is 13.8 Å². The molecule has 0 heterocycles. The van der Waals surface area contributed by atoms with Crippen LogP contribution in [0.5, 0.6) is 0 Å². The fourth-order valence-electron chi connectivity index (χ4n) is 0.762. The second kappa shape index (κ2) is 4.67. The second-order valence-corrected chi connectivity index (χ2v) is 6.45. The van der Waals surface area contributed by atoms with Gasteiger partial charge in [0.1, 0.15) is 4.75 Å². The van der Waals surface area contributed by atoms with E-state index in [0.717, 1.165) is 6.26 Å². The van der Waals surface area contributed by atoms with E-state index in [2.05, 4.69) is 11.2 Å². The zero-order valence-corrected chi connectivity index (χ0v) is 10.3. The monoisotopic (exact) mass is 231 g/mol. The van der Waals surface area contributed by atoms with Gasteiger partial charge in [0.25, 0.3) is 0 Å².